The van der Waals surface area contributed by atoms with E-state index in [-0.39, 0.29) is 36.6 Å². The highest BCUT2D eigenvalue weighted by atomic mass is 19.4. The fourth-order valence-electron chi connectivity index (χ4n) is 3.35. The number of carboxylic acid groups (broad SMARTS) is 1. The largest absolute Gasteiger partial charge is 0.481 e. The number of nitrogens with zero attached hydrogens (tertiary/aromatic N) is 1. The van der Waals surface area contributed by atoms with Gasteiger partial charge in [0.15, 0.2) is 6.10 Å². The number of hydrogen-bond donors (Lipinski definition) is 3. The molecule has 8 nitrogen and oxygen atoms in total. The molecule has 0 saturated carbocycles. The highest BCUT2D eigenvalue weighted by Gasteiger charge is 2.43. The van der Waals surface area contributed by atoms with E-state index >= 15 is 0 Å². The molecule has 1 unspecified atom stereocenters. The number of alkyl halides is 3. The number of urea groups is 1. The SMILES string of the molecule is CCO[C@H](c1ccc(C(COC)CC(=O)O)cc1NC(=O)Nc1ccc(C#N)c(F)c1)C(F)(F)F. The quantitative estimate of drug-likeness (QED) is 0.389. The second-order valence-corrected chi connectivity index (χ2v) is 7.36. The molecular formula is C23H23F4N3O5. The van der Waals surface area contributed by atoms with Crippen LogP contribution in [-0.4, -0.2) is 43.6 Å². The second-order valence-electron chi connectivity index (χ2n) is 7.36. The number of nitriles is 1. The van der Waals surface area contributed by atoms with Gasteiger partial charge < -0.3 is 25.2 Å². The zero-order valence-electron chi connectivity index (χ0n) is 18.8. The lowest BCUT2D eigenvalue weighted by atomic mass is 9.93. The summed E-state index contributed by atoms with van der Waals surface area (Å²) < 4.78 is 64.9. The van der Waals surface area contributed by atoms with Crippen LogP contribution in [0.1, 0.15) is 42.1 Å². The number of carboxylic acids is 1. The van der Waals surface area contributed by atoms with Crippen molar-refractivity contribution in [2.45, 2.75) is 31.5 Å². The Balaban J connectivity index is 2.46. The normalized spacial score (nSPS) is 12.9. The summed E-state index contributed by atoms with van der Waals surface area (Å²) in [5, 5.41) is 22.6. The Morgan fingerprint density at radius 1 is 1.17 bits per heavy atom. The number of anilines is 2. The average molecular weight is 497 g/mol. The number of ether oxygens (including phenoxy) is 2. The molecule has 2 aromatic carbocycles. The van der Waals surface area contributed by atoms with Crippen LogP contribution in [0.15, 0.2) is 36.4 Å². The monoisotopic (exact) mass is 497 g/mol. The first-order valence-electron chi connectivity index (χ1n) is 10.3. The Labute approximate surface area is 198 Å². The van der Waals surface area contributed by atoms with Crippen molar-refractivity contribution in [3.05, 3.63) is 58.9 Å². The van der Waals surface area contributed by atoms with Gasteiger partial charge in [0.05, 0.1) is 18.6 Å². The maximum Gasteiger partial charge on any atom is 0.418 e. The lowest BCUT2D eigenvalue weighted by Gasteiger charge is -2.25. The number of methoxy groups -OCH3 is 1. The minimum absolute atomic E-state index is 0.0318. The van der Waals surface area contributed by atoms with Crippen LogP contribution in [0.5, 0.6) is 0 Å². The van der Waals surface area contributed by atoms with Gasteiger partial charge in [-0.2, -0.15) is 18.4 Å². The van der Waals surface area contributed by atoms with Crippen LogP contribution in [0.2, 0.25) is 0 Å². The molecule has 0 aliphatic carbocycles. The number of rotatable bonds is 10. The molecule has 2 amide bonds. The number of hydrogen-bond acceptors (Lipinski definition) is 5. The zero-order valence-corrected chi connectivity index (χ0v) is 18.8. The van der Waals surface area contributed by atoms with Crippen LogP contribution in [-0.2, 0) is 14.3 Å². The maximum atomic E-state index is 13.8. The van der Waals surface area contributed by atoms with Crippen molar-refractivity contribution < 1.29 is 41.7 Å². The van der Waals surface area contributed by atoms with Gasteiger partial charge in [0.2, 0.25) is 0 Å². The molecule has 188 valence electrons. The van der Waals surface area contributed by atoms with Gasteiger partial charge >= 0.3 is 18.2 Å². The number of halogens is 4. The molecule has 0 bridgehead atoms. The van der Waals surface area contributed by atoms with Crippen LogP contribution in [0.4, 0.5) is 33.7 Å². The lowest BCUT2D eigenvalue weighted by Crippen LogP contribution is -2.27. The molecule has 0 saturated heterocycles. The van der Waals surface area contributed by atoms with Gasteiger partial charge in [-0.15, -0.1) is 0 Å². The molecule has 0 heterocycles. The first-order chi connectivity index (χ1) is 16.5. The van der Waals surface area contributed by atoms with E-state index in [1.165, 1.54) is 32.2 Å². The molecule has 0 radical (unpaired) electrons. The smallest absolute Gasteiger partial charge is 0.418 e. The van der Waals surface area contributed by atoms with E-state index in [2.05, 4.69) is 10.6 Å². The van der Waals surface area contributed by atoms with Gasteiger partial charge in [0.1, 0.15) is 11.9 Å². The van der Waals surface area contributed by atoms with E-state index in [4.69, 9.17) is 14.7 Å². The molecule has 2 atom stereocenters. The molecule has 0 aromatic heterocycles. The molecule has 35 heavy (non-hydrogen) atoms. The first-order valence-corrected chi connectivity index (χ1v) is 10.3. The molecule has 2 aromatic rings. The molecule has 0 aliphatic heterocycles. The van der Waals surface area contributed by atoms with Crippen molar-refractivity contribution in [1.29, 1.82) is 5.26 Å². The van der Waals surface area contributed by atoms with Crippen LogP contribution >= 0.6 is 0 Å². The van der Waals surface area contributed by atoms with Crippen molar-refractivity contribution in [3.63, 3.8) is 0 Å². The van der Waals surface area contributed by atoms with Crippen LogP contribution < -0.4 is 10.6 Å². The van der Waals surface area contributed by atoms with Crippen molar-refractivity contribution in [1.82, 2.24) is 0 Å². The molecule has 2 rings (SSSR count). The van der Waals surface area contributed by atoms with Crippen molar-refractivity contribution in [2.75, 3.05) is 31.0 Å². The average Bonchev–Trinajstić information content (AvgIpc) is 2.76. The van der Waals surface area contributed by atoms with Gasteiger partial charge in [0.25, 0.3) is 0 Å². The Morgan fingerprint density at radius 2 is 1.89 bits per heavy atom. The summed E-state index contributed by atoms with van der Waals surface area (Å²) >= 11 is 0. The summed E-state index contributed by atoms with van der Waals surface area (Å²) in [4.78, 5) is 23.8. The standard InChI is InChI=1S/C23H23F4N3O5/c1-3-35-21(23(25,26)27)17-7-5-13(15(12-34-2)9-20(31)32)8-19(17)30-22(33)29-16-6-4-14(11-28)18(24)10-16/h4-8,10,15,21H,3,9,12H2,1-2H3,(H,31,32)(H2,29,30,33)/t15?,21-/m1/s1. The molecule has 0 spiro atoms. The molecule has 12 heteroatoms. The number of nitrogens with one attached hydrogen (secondary N) is 2. The molecule has 3 N–H and O–H groups in total. The van der Waals surface area contributed by atoms with E-state index in [9.17, 15) is 32.3 Å². The highest BCUT2D eigenvalue weighted by Crippen LogP contribution is 2.40. The summed E-state index contributed by atoms with van der Waals surface area (Å²) in [6.07, 6.45) is -7.55. The van der Waals surface area contributed by atoms with Gasteiger partial charge in [0, 0.05) is 36.6 Å². The zero-order chi connectivity index (χ0) is 26.2. The van der Waals surface area contributed by atoms with E-state index in [1.807, 2.05) is 0 Å². The minimum atomic E-state index is -4.81. The van der Waals surface area contributed by atoms with Crippen molar-refractivity contribution in [3.8, 4) is 6.07 Å². The van der Waals surface area contributed by atoms with Crippen molar-refractivity contribution in [2.24, 2.45) is 0 Å². The van der Waals surface area contributed by atoms with Crippen LogP contribution in [0.3, 0.4) is 0 Å². The number of benzene rings is 2. The first kappa shape index (κ1) is 27.6. The van der Waals surface area contributed by atoms with Crippen molar-refractivity contribution >= 4 is 23.4 Å². The van der Waals surface area contributed by atoms with E-state index < -0.39 is 41.6 Å². The van der Waals surface area contributed by atoms with E-state index in [0.717, 1.165) is 18.2 Å². The Kier molecular flexibility index (Phi) is 9.56. The fourth-order valence-corrected chi connectivity index (χ4v) is 3.35. The predicted molar refractivity (Wildman–Crippen MR) is 117 cm³/mol. The van der Waals surface area contributed by atoms with Crippen LogP contribution in [0, 0.1) is 17.1 Å². The summed E-state index contributed by atoms with van der Waals surface area (Å²) in [5.41, 5.74) is -0.669. The van der Waals surface area contributed by atoms with Gasteiger partial charge in [-0.1, -0.05) is 12.1 Å². The lowest BCUT2D eigenvalue weighted by molar-refractivity contribution is -0.222. The Hall–Kier alpha value is -3.69. The summed E-state index contributed by atoms with van der Waals surface area (Å²) in [5.74, 6) is -2.74. The van der Waals surface area contributed by atoms with Gasteiger partial charge in [-0.3, -0.25) is 4.79 Å². The second kappa shape index (κ2) is 12.1. The van der Waals surface area contributed by atoms with Gasteiger partial charge in [-0.25, -0.2) is 9.18 Å². The molecule has 0 fully saturated rings. The predicted octanol–water partition coefficient (Wildman–Crippen LogP) is 5.19. The highest BCUT2D eigenvalue weighted by molar-refractivity contribution is 6.00. The van der Waals surface area contributed by atoms with E-state index in [1.54, 1.807) is 6.07 Å². The summed E-state index contributed by atoms with van der Waals surface area (Å²) in [7, 11) is 1.35. The minimum Gasteiger partial charge on any atom is -0.481 e. The van der Waals surface area contributed by atoms with Crippen LogP contribution in [0.25, 0.3) is 0 Å². The van der Waals surface area contributed by atoms with Gasteiger partial charge in [-0.05, 0) is 36.8 Å². The van der Waals surface area contributed by atoms with E-state index in [0.29, 0.717) is 5.56 Å². The molecular weight excluding hydrogens is 474 g/mol. The third-order valence-electron chi connectivity index (χ3n) is 4.85. The topological polar surface area (TPSA) is 121 Å². The third-order valence-corrected chi connectivity index (χ3v) is 4.85. The number of amides is 2. The Morgan fingerprint density at radius 3 is 2.43 bits per heavy atom. The third kappa shape index (κ3) is 7.66. The fraction of sp³-hybridized carbons (Fsp3) is 0.348. The molecule has 0 aliphatic rings. The maximum absolute atomic E-state index is 13.8. The summed E-state index contributed by atoms with van der Waals surface area (Å²) in [6, 6.07) is 7.54. The Bertz CT molecular complexity index is 1100. The number of aliphatic carboxylic acids is 1. The summed E-state index contributed by atoms with van der Waals surface area (Å²) in [6.45, 7) is 1.08. The number of carbonyl (C=O) groups excluding carboxylic acids is 1. The number of carbonyl (C=O) groups is 2.